The number of nitrogens with zero attached hydrogens (tertiary/aromatic N) is 1. The van der Waals surface area contributed by atoms with E-state index in [9.17, 15) is 4.79 Å². The molecule has 0 radical (unpaired) electrons. The van der Waals surface area contributed by atoms with Crippen molar-refractivity contribution >= 4 is 5.78 Å². The van der Waals surface area contributed by atoms with Gasteiger partial charge in [-0.1, -0.05) is 39.0 Å². The number of carbonyl (C=O) groups excluding carboxylic acids is 1. The van der Waals surface area contributed by atoms with E-state index in [2.05, 4.69) is 6.07 Å². The molecule has 0 aliphatic carbocycles. The third-order valence-electron chi connectivity index (χ3n) is 2.81. The van der Waals surface area contributed by atoms with Gasteiger partial charge in [-0.25, -0.2) is 0 Å². The molecule has 0 aliphatic rings. The number of carbonyl (C=O) groups is 1. The van der Waals surface area contributed by atoms with Crippen LogP contribution in [0, 0.1) is 16.7 Å². The summed E-state index contributed by atoms with van der Waals surface area (Å²) in [5.74, 6) is 0.105. The molecule has 0 N–H and O–H groups in total. The zero-order valence-corrected chi connectivity index (χ0v) is 11.2. The molecule has 0 fully saturated rings. The first-order chi connectivity index (χ1) is 7.68. The molecule has 0 amide bonds. The number of hydrogen-bond donors (Lipinski definition) is 0. The van der Waals surface area contributed by atoms with Gasteiger partial charge >= 0.3 is 0 Å². The van der Waals surface area contributed by atoms with Crippen LogP contribution in [0.25, 0.3) is 0 Å². The normalized spacial score (nSPS) is 12.0. The first kappa shape index (κ1) is 13.4. The van der Waals surface area contributed by atoms with Crippen LogP contribution in [0.15, 0.2) is 24.3 Å². The lowest BCUT2D eigenvalue weighted by atomic mass is 9.82. The Labute approximate surface area is 103 Å². The number of ketones is 1. The van der Waals surface area contributed by atoms with Crippen molar-refractivity contribution in [3.05, 3.63) is 35.4 Å². The maximum Gasteiger partial charge on any atom is 0.168 e. The van der Waals surface area contributed by atoms with Crippen LogP contribution < -0.4 is 0 Å². The van der Waals surface area contributed by atoms with Gasteiger partial charge in [0.15, 0.2) is 5.78 Å². The Morgan fingerprint density at radius 1 is 1.18 bits per heavy atom. The molecule has 1 aromatic rings. The summed E-state index contributed by atoms with van der Waals surface area (Å²) in [6.45, 7) is 9.41. The lowest BCUT2D eigenvalue weighted by Gasteiger charge is -2.20. The number of Topliss-reactive ketones (excluding diaryl/α,β-unsaturated/α-hetero) is 1. The van der Waals surface area contributed by atoms with Crippen molar-refractivity contribution in [3.8, 4) is 6.07 Å². The standard InChI is InChI=1S/C15H19NO/c1-14(2,3)13(17)11-7-6-8-12(9-11)15(4,5)10-16/h6-9H,1-5H3. The van der Waals surface area contributed by atoms with E-state index in [0.29, 0.717) is 5.56 Å². The molecule has 0 atom stereocenters. The average molecular weight is 229 g/mol. The molecule has 1 rings (SSSR count). The van der Waals surface area contributed by atoms with Crippen molar-refractivity contribution in [1.29, 1.82) is 5.26 Å². The van der Waals surface area contributed by atoms with Crippen molar-refractivity contribution in [2.45, 2.75) is 40.0 Å². The van der Waals surface area contributed by atoms with Gasteiger partial charge in [-0.3, -0.25) is 4.79 Å². The molecular weight excluding hydrogens is 210 g/mol. The highest BCUT2D eigenvalue weighted by Gasteiger charge is 2.25. The molecule has 0 spiro atoms. The topological polar surface area (TPSA) is 40.9 Å². The summed E-state index contributed by atoms with van der Waals surface area (Å²) in [6, 6.07) is 9.62. The number of rotatable bonds is 2. The third kappa shape index (κ3) is 2.94. The zero-order valence-electron chi connectivity index (χ0n) is 11.2. The first-order valence-corrected chi connectivity index (χ1v) is 5.75. The minimum absolute atomic E-state index is 0.105. The van der Waals surface area contributed by atoms with Gasteiger partial charge in [-0.05, 0) is 25.5 Å². The van der Waals surface area contributed by atoms with Crippen LogP contribution in [0.2, 0.25) is 0 Å². The molecule has 90 valence electrons. The van der Waals surface area contributed by atoms with Gasteiger partial charge in [0.05, 0.1) is 11.5 Å². The second-order valence-corrected chi connectivity index (χ2v) is 5.90. The smallest absolute Gasteiger partial charge is 0.168 e. The van der Waals surface area contributed by atoms with Crippen molar-refractivity contribution in [2.75, 3.05) is 0 Å². The van der Waals surface area contributed by atoms with E-state index in [1.54, 1.807) is 0 Å². The van der Waals surface area contributed by atoms with E-state index >= 15 is 0 Å². The molecule has 17 heavy (non-hydrogen) atoms. The Morgan fingerprint density at radius 3 is 2.24 bits per heavy atom. The van der Waals surface area contributed by atoms with Gasteiger partial charge in [0.1, 0.15) is 0 Å². The SMILES string of the molecule is CC(C)(C)C(=O)c1cccc(C(C)(C)C#N)c1. The Bertz CT molecular complexity index is 472. The number of benzene rings is 1. The summed E-state index contributed by atoms with van der Waals surface area (Å²) in [6.07, 6.45) is 0. The van der Waals surface area contributed by atoms with Crippen molar-refractivity contribution < 1.29 is 4.79 Å². The Kier molecular flexibility index (Phi) is 3.43. The molecule has 1 aromatic carbocycles. The number of hydrogen-bond acceptors (Lipinski definition) is 2. The van der Waals surface area contributed by atoms with E-state index in [1.807, 2.05) is 58.9 Å². The highest BCUT2D eigenvalue weighted by Crippen LogP contribution is 2.26. The summed E-state index contributed by atoms with van der Waals surface area (Å²) in [4.78, 5) is 12.2. The zero-order chi connectivity index (χ0) is 13.3. The van der Waals surface area contributed by atoms with E-state index in [1.165, 1.54) is 0 Å². The predicted octanol–water partition coefficient (Wildman–Crippen LogP) is 3.72. The maximum absolute atomic E-state index is 12.2. The fraction of sp³-hybridized carbons (Fsp3) is 0.467. The highest BCUT2D eigenvalue weighted by molar-refractivity contribution is 5.99. The summed E-state index contributed by atoms with van der Waals surface area (Å²) < 4.78 is 0. The van der Waals surface area contributed by atoms with E-state index in [0.717, 1.165) is 5.56 Å². The van der Waals surface area contributed by atoms with E-state index in [-0.39, 0.29) is 5.78 Å². The fourth-order valence-electron chi connectivity index (χ4n) is 1.55. The Balaban J connectivity index is 3.21. The Hall–Kier alpha value is -1.62. The molecule has 0 aliphatic heterocycles. The molecule has 0 aromatic heterocycles. The Morgan fingerprint density at radius 2 is 1.76 bits per heavy atom. The van der Waals surface area contributed by atoms with Crippen LogP contribution in [-0.2, 0) is 5.41 Å². The highest BCUT2D eigenvalue weighted by atomic mass is 16.1. The van der Waals surface area contributed by atoms with Crippen molar-refractivity contribution in [3.63, 3.8) is 0 Å². The summed E-state index contributed by atoms with van der Waals surface area (Å²) >= 11 is 0. The predicted molar refractivity (Wildman–Crippen MR) is 68.9 cm³/mol. The van der Waals surface area contributed by atoms with Gasteiger partial charge in [-0.15, -0.1) is 0 Å². The van der Waals surface area contributed by atoms with E-state index < -0.39 is 10.8 Å². The summed E-state index contributed by atoms with van der Waals surface area (Å²) in [5.41, 5.74) is 0.609. The summed E-state index contributed by atoms with van der Waals surface area (Å²) in [7, 11) is 0. The molecule has 0 heterocycles. The second-order valence-electron chi connectivity index (χ2n) is 5.90. The van der Waals surface area contributed by atoms with Crippen LogP contribution in [0.1, 0.15) is 50.5 Å². The monoisotopic (exact) mass is 229 g/mol. The van der Waals surface area contributed by atoms with Crippen LogP contribution in [-0.4, -0.2) is 5.78 Å². The van der Waals surface area contributed by atoms with Crippen LogP contribution >= 0.6 is 0 Å². The average Bonchev–Trinajstić information content (AvgIpc) is 2.27. The molecule has 0 saturated carbocycles. The number of nitriles is 1. The third-order valence-corrected chi connectivity index (χ3v) is 2.81. The van der Waals surface area contributed by atoms with Gasteiger partial charge in [-0.2, -0.15) is 5.26 Å². The molecule has 2 heteroatoms. The molecule has 2 nitrogen and oxygen atoms in total. The molecular formula is C15H19NO. The minimum atomic E-state index is -0.561. The minimum Gasteiger partial charge on any atom is -0.294 e. The van der Waals surface area contributed by atoms with Crippen molar-refractivity contribution in [1.82, 2.24) is 0 Å². The lowest BCUT2D eigenvalue weighted by Crippen LogP contribution is -2.21. The van der Waals surface area contributed by atoms with Crippen molar-refractivity contribution in [2.24, 2.45) is 5.41 Å². The van der Waals surface area contributed by atoms with Crippen LogP contribution in [0.5, 0.6) is 0 Å². The molecule has 0 bridgehead atoms. The lowest BCUT2D eigenvalue weighted by molar-refractivity contribution is 0.0858. The first-order valence-electron chi connectivity index (χ1n) is 5.75. The van der Waals surface area contributed by atoms with E-state index in [4.69, 9.17) is 5.26 Å². The van der Waals surface area contributed by atoms with Gasteiger partial charge in [0.2, 0.25) is 0 Å². The summed E-state index contributed by atoms with van der Waals surface area (Å²) in [5, 5.41) is 9.10. The largest absolute Gasteiger partial charge is 0.294 e. The molecule has 0 unspecified atom stereocenters. The maximum atomic E-state index is 12.2. The van der Waals surface area contributed by atoms with Crippen LogP contribution in [0.3, 0.4) is 0 Å². The second kappa shape index (κ2) is 4.33. The van der Waals surface area contributed by atoms with Gasteiger partial charge < -0.3 is 0 Å². The quantitative estimate of drug-likeness (QED) is 0.725. The van der Waals surface area contributed by atoms with Gasteiger partial charge in [0, 0.05) is 11.0 Å². The van der Waals surface area contributed by atoms with Gasteiger partial charge in [0.25, 0.3) is 0 Å². The fourth-order valence-corrected chi connectivity index (χ4v) is 1.55. The van der Waals surface area contributed by atoms with Crippen LogP contribution in [0.4, 0.5) is 0 Å². The molecule has 0 saturated heterocycles.